The van der Waals surface area contributed by atoms with E-state index in [0.717, 1.165) is 51.4 Å². The Morgan fingerprint density at radius 2 is 1.74 bits per heavy atom. The van der Waals surface area contributed by atoms with Crippen LogP contribution in [0.15, 0.2) is 41.1 Å². The number of benzene rings is 1. The molecule has 31 heavy (non-hydrogen) atoms. The predicted molar refractivity (Wildman–Crippen MR) is 116 cm³/mol. The number of hydrogen-bond donors (Lipinski definition) is 2. The Morgan fingerprint density at radius 1 is 1.13 bits per heavy atom. The van der Waals surface area contributed by atoms with Crippen LogP contribution in [0.25, 0.3) is 0 Å². The summed E-state index contributed by atoms with van der Waals surface area (Å²) >= 11 is 0. The minimum Gasteiger partial charge on any atom is -0.489 e. The van der Waals surface area contributed by atoms with Crippen LogP contribution in [0.5, 0.6) is 5.75 Å². The fraction of sp³-hybridized carbons (Fsp3) is 0.609. The average Bonchev–Trinajstić information content (AvgIpc) is 3.61. The van der Waals surface area contributed by atoms with Gasteiger partial charge in [-0.2, -0.15) is 0 Å². The molecule has 0 radical (unpaired) electrons. The number of ether oxygens (including phenoxy) is 1. The van der Waals surface area contributed by atoms with E-state index < -0.39 is 9.84 Å². The van der Waals surface area contributed by atoms with Crippen LogP contribution in [0.3, 0.4) is 0 Å². The topological polar surface area (TPSA) is 98.5 Å². The molecule has 5 rings (SSSR count). The minimum atomic E-state index is -3.44. The van der Waals surface area contributed by atoms with Gasteiger partial charge >= 0.3 is 0 Å². The van der Waals surface area contributed by atoms with Gasteiger partial charge in [-0.3, -0.25) is 4.79 Å². The number of carbonyl (C=O) groups excluding carboxylic acids is 1. The van der Waals surface area contributed by atoms with Crippen molar-refractivity contribution >= 4 is 15.7 Å². The highest BCUT2D eigenvalue weighted by molar-refractivity contribution is 7.91. The molecule has 4 aliphatic carbocycles. The van der Waals surface area contributed by atoms with Crippen LogP contribution >= 0.6 is 0 Å². The SMILES string of the molecule is NC/C(=C\F)COc1ccc(S(=O)(=O)CC23CCC(NC(=O)C4CC4)(CC2)CC3)cc1. The number of rotatable bonds is 9. The van der Waals surface area contributed by atoms with Crippen molar-refractivity contribution in [2.24, 2.45) is 17.1 Å². The molecule has 0 unspecified atom stereocenters. The predicted octanol–water partition coefficient (Wildman–Crippen LogP) is 3.27. The second kappa shape index (κ2) is 8.54. The second-order valence-corrected chi connectivity index (χ2v) is 11.5. The van der Waals surface area contributed by atoms with Gasteiger partial charge in [-0.15, -0.1) is 0 Å². The quantitative estimate of drug-likeness (QED) is 0.602. The summed E-state index contributed by atoms with van der Waals surface area (Å²) in [5.41, 5.74) is 5.40. The highest BCUT2D eigenvalue weighted by Crippen LogP contribution is 2.53. The first-order valence-electron chi connectivity index (χ1n) is 11.0. The zero-order valence-electron chi connectivity index (χ0n) is 17.7. The van der Waals surface area contributed by atoms with Gasteiger partial charge in [-0.1, -0.05) is 0 Å². The molecule has 0 spiro atoms. The van der Waals surface area contributed by atoms with Gasteiger partial charge < -0.3 is 15.8 Å². The van der Waals surface area contributed by atoms with Crippen molar-refractivity contribution in [1.82, 2.24) is 5.32 Å². The van der Waals surface area contributed by atoms with Crippen molar-refractivity contribution in [3.63, 3.8) is 0 Å². The Labute approximate surface area is 183 Å². The smallest absolute Gasteiger partial charge is 0.223 e. The van der Waals surface area contributed by atoms with Crippen LogP contribution in [0.2, 0.25) is 0 Å². The van der Waals surface area contributed by atoms with Crippen LogP contribution in [0, 0.1) is 11.3 Å². The normalized spacial score (nSPS) is 28.4. The summed E-state index contributed by atoms with van der Waals surface area (Å²) in [4.78, 5) is 12.5. The zero-order valence-corrected chi connectivity index (χ0v) is 18.6. The Bertz CT molecular complexity index is 930. The molecular weight excluding hydrogens is 419 g/mol. The number of nitrogens with one attached hydrogen (secondary N) is 1. The Balaban J connectivity index is 1.36. The molecule has 8 heteroatoms. The molecule has 0 atom stereocenters. The largest absolute Gasteiger partial charge is 0.489 e. The number of amides is 1. The first-order chi connectivity index (χ1) is 14.8. The van der Waals surface area contributed by atoms with E-state index in [4.69, 9.17) is 10.5 Å². The van der Waals surface area contributed by atoms with E-state index in [1.807, 2.05) is 0 Å². The van der Waals surface area contributed by atoms with Crippen molar-refractivity contribution in [2.75, 3.05) is 18.9 Å². The summed E-state index contributed by atoms with van der Waals surface area (Å²) in [6.07, 6.45) is 7.49. The first-order valence-corrected chi connectivity index (χ1v) is 12.7. The maximum atomic E-state index is 13.1. The summed E-state index contributed by atoms with van der Waals surface area (Å²) in [6, 6.07) is 6.29. The van der Waals surface area contributed by atoms with Crippen molar-refractivity contribution < 1.29 is 22.3 Å². The summed E-state index contributed by atoms with van der Waals surface area (Å²) in [6.45, 7) is 0.0951. The third-order valence-corrected chi connectivity index (χ3v) is 9.24. The molecule has 4 fully saturated rings. The molecule has 2 bridgehead atoms. The molecule has 1 amide bonds. The minimum absolute atomic E-state index is 0.0290. The molecule has 1 aromatic carbocycles. The summed E-state index contributed by atoms with van der Waals surface area (Å²) < 4.78 is 44.3. The van der Waals surface area contributed by atoms with Gasteiger partial charge in [0.05, 0.1) is 17.0 Å². The van der Waals surface area contributed by atoms with Crippen molar-refractivity contribution in [1.29, 1.82) is 0 Å². The van der Waals surface area contributed by atoms with E-state index in [2.05, 4.69) is 5.32 Å². The van der Waals surface area contributed by atoms with E-state index in [9.17, 15) is 17.6 Å². The number of carbonyl (C=O) groups is 1. The maximum absolute atomic E-state index is 13.1. The van der Waals surface area contributed by atoms with Crippen LogP contribution in [0.4, 0.5) is 4.39 Å². The lowest BCUT2D eigenvalue weighted by molar-refractivity contribution is -0.126. The number of sulfone groups is 1. The molecule has 0 aliphatic heterocycles. The maximum Gasteiger partial charge on any atom is 0.223 e. The van der Waals surface area contributed by atoms with E-state index in [1.165, 1.54) is 0 Å². The Hall–Kier alpha value is -1.93. The fourth-order valence-electron chi connectivity index (χ4n) is 4.92. The van der Waals surface area contributed by atoms with Gasteiger partial charge in [0.25, 0.3) is 0 Å². The van der Waals surface area contributed by atoms with Crippen LogP contribution in [-0.4, -0.2) is 38.8 Å². The summed E-state index contributed by atoms with van der Waals surface area (Å²) in [5.74, 6) is 0.987. The summed E-state index contributed by atoms with van der Waals surface area (Å²) in [7, 11) is -3.44. The van der Waals surface area contributed by atoms with E-state index >= 15 is 0 Å². The second-order valence-electron chi connectivity index (χ2n) is 9.53. The van der Waals surface area contributed by atoms with Crippen LogP contribution < -0.4 is 15.8 Å². The average molecular weight is 451 g/mol. The zero-order chi connectivity index (χ0) is 22.1. The van der Waals surface area contributed by atoms with Crippen molar-refractivity contribution in [2.45, 2.75) is 61.8 Å². The molecule has 6 nitrogen and oxygen atoms in total. The van der Waals surface area contributed by atoms with Crippen LogP contribution in [-0.2, 0) is 14.6 Å². The third kappa shape index (κ3) is 4.95. The third-order valence-electron chi connectivity index (χ3n) is 7.26. The lowest BCUT2D eigenvalue weighted by Crippen LogP contribution is -2.58. The number of fused-ring (bicyclic) bond motifs is 3. The van der Waals surface area contributed by atoms with E-state index in [0.29, 0.717) is 17.7 Å². The highest BCUT2D eigenvalue weighted by atomic mass is 32.2. The lowest BCUT2D eigenvalue weighted by atomic mass is 9.58. The van der Waals surface area contributed by atoms with E-state index in [1.54, 1.807) is 24.3 Å². The first kappa shape index (κ1) is 22.3. The van der Waals surface area contributed by atoms with Gasteiger partial charge in [-0.05, 0) is 81.0 Å². The molecule has 170 valence electrons. The van der Waals surface area contributed by atoms with Crippen molar-refractivity contribution in [3.8, 4) is 5.75 Å². The number of halogens is 1. The number of hydrogen-bond acceptors (Lipinski definition) is 5. The number of nitrogens with two attached hydrogens (primary N) is 1. The molecule has 0 heterocycles. The Kier molecular flexibility index (Phi) is 6.14. The molecule has 4 aliphatic rings. The molecule has 3 N–H and O–H groups in total. The highest BCUT2D eigenvalue weighted by Gasteiger charge is 2.51. The molecule has 4 saturated carbocycles. The van der Waals surface area contributed by atoms with Crippen LogP contribution in [0.1, 0.15) is 51.4 Å². The van der Waals surface area contributed by atoms with Gasteiger partial charge in [0, 0.05) is 23.6 Å². The lowest BCUT2D eigenvalue weighted by Gasteiger charge is -2.53. The van der Waals surface area contributed by atoms with Gasteiger partial charge in [0.2, 0.25) is 5.91 Å². The van der Waals surface area contributed by atoms with Gasteiger partial charge in [0.15, 0.2) is 9.84 Å². The van der Waals surface area contributed by atoms with Gasteiger partial charge in [0.1, 0.15) is 12.4 Å². The van der Waals surface area contributed by atoms with E-state index in [-0.39, 0.29) is 46.6 Å². The molecular formula is C23H31FN2O4S. The van der Waals surface area contributed by atoms with Gasteiger partial charge in [-0.25, -0.2) is 12.8 Å². The monoisotopic (exact) mass is 450 g/mol. The molecule has 0 saturated heterocycles. The molecule has 1 aromatic rings. The summed E-state index contributed by atoms with van der Waals surface area (Å²) in [5, 5.41) is 3.29. The molecule has 0 aromatic heterocycles. The Morgan fingerprint density at radius 3 is 2.26 bits per heavy atom. The fourth-order valence-corrected chi connectivity index (χ4v) is 6.87. The van der Waals surface area contributed by atoms with Crippen molar-refractivity contribution in [3.05, 3.63) is 36.2 Å². The standard InChI is InChI=1S/C23H31FN2O4S/c24-13-17(14-25)15-30-19-3-5-20(6-4-19)31(28,29)16-22-7-10-23(11-8-22,12-9-22)26-21(27)18-1-2-18/h3-6,13,18H,1-2,7-12,14-16,25H2,(H,26,27)/b17-13+.